The molecule has 49 heavy (non-hydrogen) atoms. The molecule has 0 atom stereocenters. The van der Waals surface area contributed by atoms with Crippen LogP contribution < -0.4 is 0 Å². The summed E-state index contributed by atoms with van der Waals surface area (Å²) in [6, 6.07) is 51.4. The van der Waals surface area contributed by atoms with Crippen LogP contribution in [0.4, 0.5) is 0 Å². The van der Waals surface area contributed by atoms with Crippen molar-refractivity contribution in [1.29, 1.82) is 0 Å². The number of aromatic nitrogens is 3. The van der Waals surface area contributed by atoms with Crippen LogP contribution in [0.5, 0.6) is 0 Å². The second-order valence-electron chi connectivity index (χ2n) is 11.5. The zero-order chi connectivity index (χ0) is 32.3. The molecule has 9 aromatic rings. The fourth-order valence-electron chi connectivity index (χ4n) is 6.27. The molecule has 0 spiro atoms. The second kappa shape index (κ2) is 14.2. The van der Waals surface area contributed by atoms with E-state index < -0.39 is 0 Å². The van der Waals surface area contributed by atoms with E-state index in [2.05, 4.69) is 94.7 Å². The van der Waals surface area contributed by atoms with Gasteiger partial charge < -0.3 is 14.4 Å². The van der Waals surface area contributed by atoms with Crippen molar-refractivity contribution >= 4 is 32.7 Å². The first kappa shape index (κ1) is 31.8. The predicted octanol–water partition coefficient (Wildman–Crippen LogP) is 11.2. The molecule has 5 heteroatoms. The molecule has 4 heterocycles. The summed E-state index contributed by atoms with van der Waals surface area (Å²) in [5, 5.41) is 4.46. The molecule has 237 valence electrons. The molecule has 4 aromatic heterocycles. The third kappa shape index (κ3) is 6.18. The molecule has 0 aliphatic heterocycles. The molecule has 0 aliphatic carbocycles. The normalized spacial score (nSPS) is 10.8. The summed E-state index contributed by atoms with van der Waals surface area (Å²) in [5.74, 6) is 0. The number of hydrogen-bond acceptors (Lipinski definition) is 4. The van der Waals surface area contributed by atoms with Crippen molar-refractivity contribution in [2.45, 2.75) is 6.92 Å². The van der Waals surface area contributed by atoms with E-state index in [0.29, 0.717) is 0 Å². The smallest absolute Gasteiger partial charge is 0.129 e. The van der Waals surface area contributed by atoms with Gasteiger partial charge in [-0.15, -0.1) is 54.1 Å². The van der Waals surface area contributed by atoms with Crippen molar-refractivity contribution in [2.24, 2.45) is 0 Å². The number of fused-ring (bicyclic) bond motifs is 4. The van der Waals surface area contributed by atoms with Crippen LogP contribution in [0.2, 0.25) is 0 Å². The molecule has 5 aromatic carbocycles. The van der Waals surface area contributed by atoms with Crippen LogP contribution >= 0.6 is 0 Å². The summed E-state index contributed by atoms with van der Waals surface area (Å²) in [7, 11) is 0. The van der Waals surface area contributed by atoms with E-state index in [1.165, 1.54) is 5.39 Å². The van der Waals surface area contributed by atoms with Crippen molar-refractivity contribution in [2.75, 3.05) is 0 Å². The number of benzene rings is 5. The van der Waals surface area contributed by atoms with E-state index in [0.717, 1.165) is 77.7 Å². The Kier molecular flexibility index (Phi) is 9.21. The second-order valence-corrected chi connectivity index (χ2v) is 11.5. The number of nitrogens with zero attached hydrogens (tertiary/aromatic N) is 3. The van der Waals surface area contributed by atoms with Gasteiger partial charge in [-0.3, -0.25) is 4.98 Å². The van der Waals surface area contributed by atoms with E-state index in [1.807, 2.05) is 85.2 Å². The van der Waals surface area contributed by atoms with E-state index in [9.17, 15) is 0 Å². The van der Waals surface area contributed by atoms with Gasteiger partial charge in [0, 0.05) is 61.2 Å². The minimum Gasteiger partial charge on any atom is -0.500 e. The number of hydrogen-bond donors (Lipinski definition) is 0. The van der Waals surface area contributed by atoms with Gasteiger partial charge in [-0.05, 0) is 64.2 Å². The van der Waals surface area contributed by atoms with E-state index in [1.54, 1.807) is 12.4 Å². The summed E-state index contributed by atoms with van der Waals surface area (Å²) in [4.78, 5) is 13.3. The minimum absolute atomic E-state index is 0. The van der Waals surface area contributed by atoms with E-state index in [-0.39, 0.29) is 20.1 Å². The summed E-state index contributed by atoms with van der Waals surface area (Å²) in [6.45, 7) is 2.10. The van der Waals surface area contributed by atoms with Crippen LogP contribution in [0.25, 0.3) is 77.5 Å². The molecule has 0 fully saturated rings. The Bertz CT molecular complexity index is 2460. The number of aryl methyl sites for hydroxylation is 1. The van der Waals surface area contributed by atoms with Crippen LogP contribution in [-0.2, 0) is 20.1 Å². The van der Waals surface area contributed by atoms with Gasteiger partial charge in [0.15, 0.2) is 0 Å². The minimum atomic E-state index is 0. The fraction of sp³-hybridized carbons (Fsp3) is 0.0227. The number of rotatable bonds is 4. The van der Waals surface area contributed by atoms with Gasteiger partial charge in [0.05, 0.1) is 5.58 Å². The third-order valence-electron chi connectivity index (χ3n) is 8.53. The van der Waals surface area contributed by atoms with Gasteiger partial charge in [0.2, 0.25) is 0 Å². The van der Waals surface area contributed by atoms with Gasteiger partial charge in [-0.2, -0.15) is 0 Å². The van der Waals surface area contributed by atoms with E-state index >= 15 is 0 Å². The van der Waals surface area contributed by atoms with Gasteiger partial charge in [0.25, 0.3) is 0 Å². The monoisotopic (exact) mass is 808 g/mol. The molecular formula is C44H29IrN3O-2. The molecule has 4 nitrogen and oxygen atoms in total. The average Bonchev–Trinajstić information content (AvgIpc) is 3.56. The zero-order valence-corrected chi connectivity index (χ0v) is 29.0. The molecule has 0 saturated heterocycles. The Labute approximate surface area is 298 Å². The molecule has 0 saturated carbocycles. The maximum absolute atomic E-state index is 6.77. The van der Waals surface area contributed by atoms with Crippen LogP contribution in [0, 0.1) is 19.1 Å². The zero-order valence-electron chi connectivity index (χ0n) is 26.6. The van der Waals surface area contributed by atoms with Crippen LogP contribution in [0.15, 0.2) is 163 Å². The summed E-state index contributed by atoms with van der Waals surface area (Å²) >= 11 is 0. The molecule has 0 aliphatic rings. The maximum Gasteiger partial charge on any atom is 0.129 e. The summed E-state index contributed by atoms with van der Waals surface area (Å²) < 4.78 is 6.77. The first-order valence-electron chi connectivity index (χ1n) is 15.8. The standard InChI is InChI=1S/C33H21N2O.C11H8N.Ir/c1-21-19-34-20-29-23(21)11-7-12-25(29)26-17-16-24(22-9-3-2-4-10-22)31-28-14-8-13-27(32(28)36-33(26)31)30-15-5-6-18-35-30;1-2-6-10(7-3-1)11-8-4-5-9-12-11;/h2-12,14-20H,1H3;1-6,8-9H;/q2*-1;. The topological polar surface area (TPSA) is 51.8 Å². The van der Waals surface area contributed by atoms with Gasteiger partial charge in [-0.1, -0.05) is 89.8 Å². The SMILES string of the molecule is Cc1cncc2c(-c3ccc(-c4ccccc4)c4c3oc3c(-c5ccccn5)[c-]ccc34)cccc12.[Ir].[c-]1ccccc1-c1ccccn1. The largest absolute Gasteiger partial charge is 0.500 e. The van der Waals surface area contributed by atoms with Gasteiger partial charge in [0.1, 0.15) is 5.58 Å². The number of furan rings is 1. The summed E-state index contributed by atoms with van der Waals surface area (Å²) in [5.41, 5.74) is 11.0. The third-order valence-corrected chi connectivity index (χ3v) is 8.53. The fourth-order valence-corrected chi connectivity index (χ4v) is 6.27. The van der Waals surface area contributed by atoms with Crippen LogP contribution in [-0.4, -0.2) is 15.0 Å². The summed E-state index contributed by atoms with van der Waals surface area (Å²) in [6.07, 6.45) is 7.45. The van der Waals surface area contributed by atoms with Crippen LogP contribution in [0.1, 0.15) is 5.56 Å². The Balaban J connectivity index is 0.000000246. The average molecular weight is 808 g/mol. The Hall–Kier alpha value is -5.74. The molecule has 9 rings (SSSR count). The first-order chi connectivity index (χ1) is 23.8. The molecule has 0 bridgehead atoms. The molecular weight excluding hydrogens is 779 g/mol. The quantitative estimate of drug-likeness (QED) is 0.166. The predicted molar refractivity (Wildman–Crippen MR) is 195 cm³/mol. The number of pyridine rings is 3. The molecule has 0 N–H and O–H groups in total. The van der Waals surface area contributed by atoms with Crippen molar-refractivity contribution in [3.8, 4) is 44.8 Å². The van der Waals surface area contributed by atoms with Crippen molar-refractivity contribution in [3.05, 3.63) is 176 Å². The Morgan fingerprint density at radius 3 is 2.04 bits per heavy atom. The van der Waals surface area contributed by atoms with Gasteiger partial charge in [-0.25, -0.2) is 0 Å². The van der Waals surface area contributed by atoms with Crippen molar-refractivity contribution in [1.82, 2.24) is 15.0 Å². The van der Waals surface area contributed by atoms with Crippen molar-refractivity contribution < 1.29 is 24.5 Å². The molecule has 0 amide bonds. The van der Waals surface area contributed by atoms with Crippen LogP contribution in [0.3, 0.4) is 0 Å². The molecule has 1 radical (unpaired) electrons. The van der Waals surface area contributed by atoms with E-state index in [4.69, 9.17) is 4.42 Å². The molecule has 0 unspecified atom stereocenters. The first-order valence-corrected chi connectivity index (χ1v) is 15.8. The Morgan fingerprint density at radius 2 is 1.29 bits per heavy atom. The van der Waals surface area contributed by atoms with Crippen molar-refractivity contribution in [3.63, 3.8) is 0 Å². The Morgan fingerprint density at radius 1 is 0.531 bits per heavy atom. The maximum atomic E-state index is 6.77. The van der Waals surface area contributed by atoms with Gasteiger partial charge >= 0.3 is 0 Å².